The molecule has 3 rings (SSSR count). The summed E-state index contributed by atoms with van der Waals surface area (Å²) in [4.78, 5) is 12.7. The van der Waals surface area contributed by atoms with Gasteiger partial charge in [-0.2, -0.15) is 5.26 Å². The van der Waals surface area contributed by atoms with Gasteiger partial charge in [0.25, 0.3) is 0 Å². The van der Waals surface area contributed by atoms with E-state index in [-0.39, 0.29) is 6.04 Å². The summed E-state index contributed by atoms with van der Waals surface area (Å²) in [5, 5.41) is 8.99. The first-order valence-corrected chi connectivity index (χ1v) is 6.38. The normalized spacial score (nSPS) is 10.9. The van der Waals surface area contributed by atoms with Crippen molar-refractivity contribution in [1.29, 1.82) is 5.26 Å². The fraction of sp³-hybridized carbons (Fsp3) is 0.200. The lowest BCUT2D eigenvalue weighted by atomic mass is 10.2. The smallest absolute Gasteiger partial charge is 0.144 e. The molecule has 3 aromatic rings. The Labute approximate surface area is 116 Å². The fourth-order valence-electron chi connectivity index (χ4n) is 2.31. The van der Waals surface area contributed by atoms with Gasteiger partial charge in [-0.3, -0.25) is 0 Å². The summed E-state index contributed by atoms with van der Waals surface area (Å²) in [5.74, 6) is 0.825. The highest BCUT2D eigenvalue weighted by molar-refractivity contribution is 5.82. The predicted molar refractivity (Wildman–Crippen MR) is 75.9 cm³/mol. The molecule has 0 aliphatic heterocycles. The first-order chi connectivity index (χ1) is 9.70. The van der Waals surface area contributed by atoms with E-state index in [1.165, 1.54) is 6.33 Å². The van der Waals surface area contributed by atoms with Crippen LogP contribution in [0.2, 0.25) is 0 Å². The van der Waals surface area contributed by atoms with Crippen LogP contribution in [0.3, 0.4) is 0 Å². The molecule has 0 N–H and O–H groups in total. The zero-order valence-corrected chi connectivity index (χ0v) is 11.3. The van der Waals surface area contributed by atoms with Crippen molar-refractivity contribution in [3.05, 3.63) is 42.5 Å². The van der Waals surface area contributed by atoms with Crippen molar-refractivity contribution in [2.75, 3.05) is 0 Å². The molecular formula is C15H13N5. The minimum atomic E-state index is 0.253. The third-order valence-corrected chi connectivity index (χ3v) is 3.15. The van der Waals surface area contributed by atoms with Crippen LogP contribution in [0.5, 0.6) is 0 Å². The molecule has 0 atom stereocenters. The summed E-state index contributed by atoms with van der Waals surface area (Å²) < 4.78 is 2.13. The quantitative estimate of drug-likeness (QED) is 0.713. The maximum Gasteiger partial charge on any atom is 0.144 e. The maximum absolute atomic E-state index is 8.99. The number of aromatic nitrogens is 4. The van der Waals surface area contributed by atoms with E-state index < -0.39 is 0 Å². The first-order valence-electron chi connectivity index (χ1n) is 6.38. The number of nitriles is 1. The molecule has 5 nitrogen and oxygen atoms in total. The molecule has 20 heavy (non-hydrogen) atoms. The van der Waals surface area contributed by atoms with E-state index in [1.54, 1.807) is 12.4 Å². The van der Waals surface area contributed by atoms with Gasteiger partial charge in [0.15, 0.2) is 0 Å². The number of imidazole rings is 1. The van der Waals surface area contributed by atoms with Crippen LogP contribution >= 0.6 is 0 Å². The molecule has 0 saturated heterocycles. The second-order valence-electron chi connectivity index (χ2n) is 4.84. The van der Waals surface area contributed by atoms with Gasteiger partial charge in [-0.15, -0.1) is 0 Å². The molecule has 0 aliphatic rings. The number of hydrogen-bond donors (Lipinski definition) is 0. The number of nitrogens with zero attached hydrogens (tertiary/aromatic N) is 5. The highest BCUT2D eigenvalue weighted by atomic mass is 15.1. The van der Waals surface area contributed by atoms with Crippen molar-refractivity contribution in [2.45, 2.75) is 19.9 Å². The molecule has 0 fully saturated rings. The van der Waals surface area contributed by atoms with Gasteiger partial charge in [-0.05, 0) is 32.0 Å². The third-order valence-electron chi connectivity index (χ3n) is 3.15. The van der Waals surface area contributed by atoms with Crippen LogP contribution in [0.15, 0.2) is 36.9 Å². The molecule has 0 saturated carbocycles. The lowest BCUT2D eigenvalue weighted by Gasteiger charge is -2.12. The van der Waals surface area contributed by atoms with E-state index >= 15 is 0 Å². The summed E-state index contributed by atoms with van der Waals surface area (Å²) in [7, 11) is 0. The topological polar surface area (TPSA) is 67.4 Å². The van der Waals surface area contributed by atoms with Crippen molar-refractivity contribution >= 4 is 11.0 Å². The van der Waals surface area contributed by atoms with E-state index in [2.05, 4.69) is 39.4 Å². The lowest BCUT2D eigenvalue weighted by Crippen LogP contribution is -2.03. The Kier molecular flexibility index (Phi) is 2.92. The third kappa shape index (κ3) is 1.91. The summed E-state index contributed by atoms with van der Waals surface area (Å²) in [6.07, 6.45) is 5.00. The van der Waals surface area contributed by atoms with Gasteiger partial charge in [0.2, 0.25) is 0 Å². The van der Waals surface area contributed by atoms with Gasteiger partial charge in [-0.25, -0.2) is 15.0 Å². The average Bonchev–Trinajstić information content (AvgIpc) is 2.86. The summed E-state index contributed by atoms with van der Waals surface area (Å²) in [5.41, 5.74) is 3.31. The number of rotatable bonds is 2. The largest absolute Gasteiger partial charge is 0.321 e. The molecule has 0 bridgehead atoms. The lowest BCUT2D eigenvalue weighted by molar-refractivity contribution is 0.624. The van der Waals surface area contributed by atoms with Crippen molar-refractivity contribution in [1.82, 2.24) is 19.5 Å². The van der Waals surface area contributed by atoms with Crippen molar-refractivity contribution < 1.29 is 0 Å². The van der Waals surface area contributed by atoms with Crippen LogP contribution in [0, 0.1) is 11.3 Å². The van der Waals surface area contributed by atoms with Crippen molar-refractivity contribution in [3.8, 4) is 17.5 Å². The Balaban J connectivity index is 2.32. The SMILES string of the molecule is CC(C)n1c(-c2cncnc2)nc2cc(C#N)ccc21. The monoisotopic (exact) mass is 263 g/mol. The molecule has 5 heteroatoms. The second kappa shape index (κ2) is 4.74. The number of hydrogen-bond acceptors (Lipinski definition) is 4. The Morgan fingerprint density at radius 2 is 1.95 bits per heavy atom. The van der Waals surface area contributed by atoms with Gasteiger partial charge in [-0.1, -0.05) is 0 Å². The van der Waals surface area contributed by atoms with Gasteiger partial charge >= 0.3 is 0 Å². The number of fused-ring (bicyclic) bond motifs is 1. The molecular weight excluding hydrogens is 250 g/mol. The molecule has 0 aliphatic carbocycles. The van der Waals surface area contributed by atoms with E-state index in [4.69, 9.17) is 5.26 Å². The molecule has 0 amide bonds. The van der Waals surface area contributed by atoms with Gasteiger partial charge in [0, 0.05) is 18.4 Å². The van der Waals surface area contributed by atoms with Crippen molar-refractivity contribution in [3.63, 3.8) is 0 Å². The maximum atomic E-state index is 8.99. The Hall–Kier alpha value is -2.74. The van der Waals surface area contributed by atoms with Crippen LogP contribution in [-0.4, -0.2) is 19.5 Å². The second-order valence-corrected chi connectivity index (χ2v) is 4.84. The van der Waals surface area contributed by atoms with Crippen LogP contribution in [-0.2, 0) is 0 Å². The van der Waals surface area contributed by atoms with Gasteiger partial charge < -0.3 is 4.57 Å². The highest BCUT2D eigenvalue weighted by Gasteiger charge is 2.15. The van der Waals surface area contributed by atoms with Crippen LogP contribution in [0.1, 0.15) is 25.5 Å². The molecule has 98 valence electrons. The van der Waals surface area contributed by atoms with Crippen LogP contribution < -0.4 is 0 Å². The molecule has 0 radical (unpaired) electrons. The first kappa shape index (κ1) is 12.3. The predicted octanol–water partition coefficient (Wildman–Crippen LogP) is 2.95. The average molecular weight is 263 g/mol. The molecule has 0 unspecified atom stereocenters. The van der Waals surface area contributed by atoms with E-state index in [0.29, 0.717) is 5.56 Å². The van der Waals surface area contributed by atoms with E-state index in [0.717, 1.165) is 22.4 Å². The Bertz CT molecular complexity index is 796. The standard InChI is InChI=1S/C15H13N5/c1-10(2)20-14-4-3-11(6-16)5-13(14)19-15(20)12-7-17-9-18-8-12/h3-5,7-10H,1-2H3. The molecule has 1 aromatic carbocycles. The molecule has 2 aromatic heterocycles. The Morgan fingerprint density at radius 1 is 1.20 bits per heavy atom. The zero-order chi connectivity index (χ0) is 14.1. The van der Waals surface area contributed by atoms with Gasteiger partial charge in [0.05, 0.1) is 28.2 Å². The van der Waals surface area contributed by atoms with Gasteiger partial charge in [0.1, 0.15) is 12.2 Å². The fourth-order valence-corrected chi connectivity index (χ4v) is 2.31. The number of benzene rings is 1. The minimum Gasteiger partial charge on any atom is -0.321 e. The highest BCUT2D eigenvalue weighted by Crippen LogP contribution is 2.28. The minimum absolute atomic E-state index is 0.253. The summed E-state index contributed by atoms with van der Waals surface area (Å²) >= 11 is 0. The summed E-state index contributed by atoms with van der Waals surface area (Å²) in [6.45, 7) is 4.21. The summed E-state index contributed by atoms with van der Waals surface area (Å²) in [6, 6.07) is 7.96. The van der Waals surface area contributed by atoms with Crippen LogP contribution in [0.4, 0.5) is 0 Å². The molecule has 0 spiro atoms. The van der Waals surface area contributed by atoms with E-state index in [1.807, 2.05) is 18.2 Å². The molecule has 2 heterocycles. The zero-order valence-electron chi connectivity index (χ0n) is 11.3. The van der Waals surface area contributed by atoms with Crippen molar-refractivity contribution in [2.24, 2.45) is 0 Å². The Morgan fingerprint density at radius 3 is 2.60 bits per heavy atom. The van der Waals surface area contributed by atoms with Crippen LogP contribution in [0.25, 0.3) is 22.4 Å². The van der Waals surface area contributed by atoms with E-state index in [9.17, 15) is 0 Å².